The SMILES string of the molecule is COc1ccc(C2=NN(C(=O)Cn3c(-n4nc(C)cc4C)nc4c(c3=O)CCC4)C(c3ccc(C)cc3)C2)cc1. The van der Waals surface area contributed by atoms with E-state index in [1.54, 1.807) is 11.8 Å². The van der Waals surface area contributed by atoms with E-state index in [9.17, 15) is 9.59 Å². The monoisotopic (exact) mass is 536 g/mol. The average molecular weight is 537 g/mol. The molecule has 40 heavy (non-hydrogen) atoms. The molecule has 2 aromatic carbocycles. The topological polar surface area (TPSA) is 94.6 Å². The summed E-state index contributed by atoms with van der Waals surface area (Å²) in [5.41, 5.74) is 6.84. The summed E-state index contributed by atoms with van der Waals surface area (Å²) in [5, 5.41) is 10.9. The summed E-state index contributed by atoms with van der Waals surface area (Å²) in [6.45, 7) is 5.67. The number of amides is 1. The van der Waals surface area contributed by atoms with Gasteiger partial charge >= 0.3 is 0 Å². The van der Waals surface area contributed by atoms with Gasteiger partial charge in [0, 0.05) is 17.7 Å². The van der Waals surface area contributed by atoms with Gasteiger partial charge in [0.2, 0.25) is 5.95 Å². The Morgan fingerprint density at radius 3 is 2.45 bits per heavy atom. The van der Waals surface area contributed by atoms with Crippen LogP contribution in [0.15, 0.2) is 64.5 Å². The molecule has 0 N–H and O–H groups in total. The summed E-state index contributed by atoms with van der Waals surface area (Å²) < 4.78 is 8.44. The summed E-state index contributed by atoms with van der Waals surface area (Å²) in [4.78, 5) is 32.6. The van der Waals surface area contributed by atoms with Gasteiger partial charge in [0.25, 0.3) is 11.5 Å². The van der Waals surface area contributed by atoms with Crippen molar-refractivity contribution in [1.29, 1.82) is 0 Å². The van der Waals surface area contributed by atoms with E-state index in [0.717, 1.165) is 58.1 Å². The van der Waals surface area contributed by atoms with Gasteiger partial charge in [-0.2, -0.15) is 10.2 Å². The molecule has 9 heteroatoms. The third-order valence-corrected chi connectivity index (χ3v) is 7.71. The number of carbonyl (C=O) groups excluding carboxylic acids is 1. The Balaban J connectivity index is 1.41. The van der Waals surface area contributed by atoms with Gasteiger partial charge in [-0.05, 0) is 81.5 Å². The minimum atomic E-state index is -0.291. The summed E-state index contributed by atoms with van der Waals surface area (Å²) in [6.07, 6.45) is 2.86. The van der Waals surface area contributed by atoms with Crippen LogP contribution >= 0.6 is 0 Å². The Labute approximate surface area is 232 Å². The average Bonchev–Trinajstić information content (AvgIpc) is 3.69. The van der Waals surface area contributed by atoms with Crippen molar-refractivity contribution in [1.82, 2.24) is 24.3 Å². The number of nitrogens with zero attached hydrogens (tertiary/aromatic N) is 6. The second-order valence-corrected chi connectivity index (χ2v) is 10.6. The fraction of sp³-hybridized carbons (Fsp3) is 0.323. The molecule has 0 radical (unpaired) electrons. The van der Waals surface area contributed by atoms with E-state index in [0.29, 0.717) is 24.4 Å². The highest BCUT2D eigenvalue weighted by atomic mass is 16.5. The zero-order valence-corrected chi connectivity index (χ0v) is 23.2. The zero-order chi connectivity index (χ0) is 28.0. The molecule has 204 valence electrons. The van der Waals surface area contributed by atoms with Gasteiger partial charge in [-0.25, -0.2) is 14.7 Å². The lowest BCUT2D eigenvalue weighted by Crippen LogP contribution is -2.37. The summed E-state index contributed by atoms with van der Waals surface area (Å²) in [5.74, 6) is 0.847. The fourth-order valence-corrected chi connectivity index (χ4v) is 5.61. The van der Waals surface area contributed by atoms with E-state index in [-0.39, 0.29) is 24.1 Å². The van der Waals surface area contributed by atoms with Crippen LogP contribution in [0, 0.1) is 20.8 Å². The molecular weight excluding hydrogens is 504 g/mol. The molecule has 0 saturated carbocycles. The number of aromatic nitrogens is 4. The molecule has 6 rings (SSSR count). The third-order valence-electron chi connectivity index (χ3n) is 7.71. The summed E-state index contributed by atoms with van der Waals surface area (Å²) in [6, 6.07) is 17.5. The molecule has 2 aromatic heterocycles. The van der Waals surface area contributed by atoms with Gasteiger partial charge in [-0.3, -0.25) is 14.2 Å². The molecule has 1 amide bonds. The molecule has 1 unspecified atom stereocenters. The van der Waals surface area contributed by atoms with Crippen LogP contribution in [-0.2, 0) is 24.2 Å². The number of benzene rings is 2. The van der Waals surface area contributed by atoms with E-state index in [1.807, 2.05) is 75.4 Å². The van der Waals surface area contributed by atoms with Crippen LogP contribution in [0.2, 0.25) is 0 Å². The number of hydrogen-bond donors (Lipinski definition) is 0. The number of aryl methyl sites for hydroxylation is 4. The Kier molecular flexibility index (Phi) is 6.57. The highest BCUT2D eigenvalue weighted by Crippen LogP contribution is 2.33. The van der Waals surface area contributed by atoms with Crippen molar-refractivity contribution >= 4 is 11.6 Å². The third kappa shape index (κ3) is 4.61. The molecule has 1 atom stereocenters. The Hall–Kier alpha value is -4.53. The van der Waals surface area contributed by atoms with Crippen molar-refractivity contribution in [3.8, 4) is 11.7 Å². The highest BCUT2D eigenvalue weighted by molar-refractivity contribution is 6.03. The first kappa shape index (κ1) is 25.7. The van der Waals surface area contributed by atoms with Gasteiger partial charge in [0.15, 0.2) is 0 Å². The minimum absolute atomic E-state index is 0.177. The van der Waals surface area contributed by atoms with Crippen molar-refractivity contribution < 1.29 is 9.53 Å². The van der Waals surface area contributed by atoms with Crippen molar-refractivity contribution in [2.24, 2.45) is 5.10 Å². The largest absolute Gasteiger partial charge is 0.497 e. The lowest BCUT2D eigenvalue weighted by molar-refractivity contribution is -0.133. The van der Waals surface area contributed by atoms with Gasteiger partial charge in [0.05, 0.1) is 30.3 Å². The fourth-order valence-electron chi connectivity index (χ4n) is 5.61. The molecule has 3 heterocycles. The first-order valence-corrected chi connectivity index (χ1v) is 13.6. The maximum absolute atomic E-state index is 14.1. The van der Waals surface area contributed by atoms with E-state index < -0.39 is 0 Å². The van der Waals surface area contributed by atoms with E-state index in [4.69, 9.17) is 14.8 Å². The van der Waals surface area contributed by atoms with Gasteiger partial charge in [0.1, 0.15) is 12.3 Å². The summed E-state index contributed by atoms with van der Waals surface area (Å²) in [7, 11) is 1.63. The van der Waals surface area contributed by atoms with Crippen LogP contribution in [0.4, 0.5) is 0 Å². The number of fused-ring (bicyclic) bond motifs is 1. The molecule has 0 saturated heterocycles. The van der Waals surface area contributed by atoms with Crippen molar-refractivity contribution in [3.63, 3.8) is 0 Å². The molecule has 1 aliphatic heterocycles. The minimum Gasteiger partial charge on any atom is -0.497 e. The van der Waals surface area contributed by atoms with Crippen LogP contribution in [0.3, 0.4) is 0 Å². The van der Waals surface area contributed by atoms with Crippen LogP contribution < -0.4 is 10.3 Å². The number of carbonyl (C=O) groups is 1. The molecule has 4 aromatic rings. The predicted octanol–water partition coefficient (Wildman–Crippen LogP) is 4.23. The van der Waals surface area contributed by atoms with Crippen LogP contribution in [-0.4, -0.2) is 43.1 Å². The first-order chi connectivity index (χ1) is 19.3. The molecule has 0 spiro atoms. The normalized spacial score (nSPS) is 16.2. The van der Waals surface area contributed by atoms with E-state index >= 15 is 0 Å². The van der Waals surface area contributed by atoms with Gasteiger partial charge in [-0.1, -0.05) is 29.8 Å². The zero-order valence-electron chi connectivity index (χ0n) is 23.2. The van der Waals surface area contributed by atoms with E-state index in [2.05, 4.69) is 5.10 Å². The Bertz CT molecular complexity index is 1680. The highest BCUT2D eigenvalue weighted by Gasteiger charge is 2.34. The number of ether oxygens (including phenoxy) is 1. The molecule has 0 bridgehead atoms. The number of methoxy groups -OCH3 is 1. The Morgan fingerprint density at radius 2 is 1.77 bits per heavy atom. The lowest BCUT2D eigenvalue weighted by atomic mass is 9.97. The Morgan fingerprint density at radius 1 is 1.02 bits per heavy atom. The smallest absolute Gasteiger partial charge is 0.263 e. The molecular formula is C31H32N6O3. The number of hydrazone groups is 1. The van der Waals surface area contributed by atoms with Crippen molar-refractivity contribution in [3.05, 3.63) is 104 Å². The first-order valence-electron chi connectivity index (χ1n) is 13.6. The second-order valence-electron chi connectivity index (χ2n) is 10.6. The van der Waals surface area contributed by atoms with Crippen LogP contribution in [0.1, 0.15) is 58.2 Å². The second kappa shape index (κ2) is 10.2. The van der Waals surface area contributed by atoms with E-state index in [1.165, 1.54) is 9.58 Å². The van der Waals surface area contributed by atoms with Crippen LogP contribution in [0.25, 0.3) is 5.95 Å². The number of rotatable bonds is 6. The predicted molar refractivity (Wildman–Crippen MR) is 152 cm³/mol. The number of hydrogen-bond acceptors (Lipinski definition) is 6. The van der Waals surface area contributed by atoms with Gasteiger partial charge in [-0.15, -0.1) is 0 Å². The standard InChI is InChI=1S/C31H32N6O3/c1-19-8-10-23(11-9-19)28-17-27(22-12-14-24(40-4)15-13-22)34-37(28)29(38)18-35-30(39)25-6-5-7-26(25)32-31(35)36-21(3)16-20(2)33-36/h8-16,28H,5-7,17-18H2,1-4H3. The van der Waals surface area contributed by atoms with Crippen molar-refractivity contribution in [2.45, 2.75) is 59.0 Å². The van der Waals surface area contributed by atoms with Gasteiger partial charge < -0.3 is 4.74 Å². The lowest BCUT2D eigenvalue weighted by Gasteiger charge is -2.23. The quantitative estimate of drug-likeness (QED) is 0.368. The van der Waals surface area contributed by atoms with Crippen LogP contribution in [0.5, 0.6) is 5.75 Å². The maximum Gasteiger partial charge on any atom is 0.263 e. The van der Waals surface area contributed by atoms with Crippen molar-refractivity contribution in [2.75, 3.05) is 7.11 Å². The molecule has 1 aliphatic carbocycles. The molecule has 2 aliphatic rings. The molecule has 0 fully saturated rings. The molecule has 9 nitrogen and oxygen atoms in total. The maximum atomic E-state index is 14.1. The summed E-state index contributed by atoms with van der Waals surface area (Å²) >= 11 is 0.